The van der Waals surface area contributed by atoms with Gasteiger partial charge in [0.15, 0.2) is 0 Å². The number of fused-ring (bicyclic) bond motifs is 1. The number of aromatic nitrogens is 2. The lowest BCUT2D eigenvalue weighted by Crippen LogP contribution is -2.32. The molecule has 0 amide bonds. The molecule has 15 heavy (non-hydrogen) atoms. The molecular weight excluding hydrogens is 194 g/mol. The maximum atomic E-state index is 11.5. The number of hydrogen-bond acceptors (Lipinski definition) is 3. The van der Waals surface area contributed by atoms with Crippen LogP contribution < -0.4 is 17.0 Å². The van der Waals surface area contributed by atoms with Gasteiger partial charge in [0.25, 0.3) is 5.56 Å². The Labute approximate surface area is 85.2 Å². The molecule has 78 valence electrons. The quantitative estimate of drug-likeness (QED) is 0.703. The van der Waals surface area contributed by atoms with E-state index in [-0.39, 0.29) is 5.56 Å². The van der Waals surface area contributed by atoms with E-state index >= 15 is 0 Å². The molecule has 0 saturated carbocycles. The standard InChI is InChI=1S/C10H11N3O2/c11-5-6-13-8-4-2-1-3-7(8)9(14)12-10(13)15/h1-4H,5-6,11H2,(H,12,14,15). The zero-order chi connectivity index (χ0) is 10.8. The van der Waals surface area contributed by atoms with Crippen LogP contribution in [0.1, 0.15) is 0 Å². The van der Waals surface area contributed by atoms with Crippen LogP contribution in [0.2, 0.25) is 0 Å². The molecule has 1 aromatic carbocycles. The minimum atomic E-state index is -0.413. The van der Waals surface area contributed by atoms with Gasteiger partial charge < -0.3 is 5.73 Å². The molecule has 3 N–H and O–H groups in total. The van der Waals surface area contributed by atoms with Crippen LogP contribution in [0.5, 0.6) is 0 Å². The summed E-state index contributed by atoms with van der Waals surface area (Å²) in [6.07, 6.45) is 0. The van der Waals surface area contributed by atoms with Crippen LogP contribution in [0.4, 0.5) is 0 Å². The number of H-pyrrole nitrogens is 1. The Balaban J connectivity index is 2.90. The van der Waals surface area contributed by atoms with E-state index in [1.165, 1.54) is 4.57 Å². The van der Waals surface area contributed by atoms with E-state index in [9.17, 15) is 9.59 Å². The summed E-state index contributed by atoms with van der Waals surface area (Å²) in [4.78, 5) is 25.2. The van der Waals surface area contributed by atoms with Gasteiger partial charge in [0.2, 0.25) is 0 Å². The Hall–Kier alpha value is -1.88. The molecule has 0 bridgehead atoms. The van der Waals surface area contributed by atoms with Crippen molar-refractivity contribution in [3.8, 4) is 0 Å². The molecule has 0 aliphatic carbocycles. The maximum absolute atomic E-state index is 11.5. The van der Waals surface area contributed by atoms with Crippen LogP contribution >= 0.6 is 0 Å². The van der Waals surface area contributed by atoms with Crippen molar-refractivity contribution in [2.45, 2.75) is 6.54 Å². The molecule has 0 atom stereocenters. The first-order valence-corrected chi connectivity index (χ1v) is 4.66. The summed E-state index contributed by atoms with van der Waals surface area (Å²) in [5.74, 6) is 0. The number of hydrogen-bond donors (Lipinski definition) is 2. The molecule has 1 heterocycles. The average molecular weight is 205 g/mol. The lowest BCUT2D eigenvalue weighted by molar-refractivity contribution is 0.683. The van der Waals surface area contributed by atoms with Crippen molar-refractivity contribution in [1.82, 2.24) is 9.55 Å². The molecule has 1 aromatic heterocycles. The van der Waals surface area contributed by atoms with Crippen LogP contribution in [-0.2, 0) is 6.54 Å². The lowest BCUT2D eigenvalue weighted by Gasteiger charge is -2.06. The second-order valence-electron chi connectivity index (χ2n) is 3.22. The number of benzene rings is 1. The van der Waals surface area contributed by atoms with Gasteiger partial charge in [-0.2, -0.15) is 0 Å². The van der Waals surface area contributed by atoms with Gasteiger partial charge in [-0.25, -0.2) is 4.79 Å². The number of aromatic amines is 1. The van der Waals surface area contributed by atoms with E-state index in [4.69, 9.17) is 5.73 Å². The minimum Gasteiger partial charge on any atom is -0.329 e. The predicted molar refractivity (Wildman–Crippen MR) is 57.9 cm³/mol. The van der Waals surface area contributed by atoms with Crippen molar-refractivity contribution < 1.29 is 0 Å². The van der Waals surface area contributed by atoms with Crippen LogP contribution in [0, 0.1) is 0 Å². The number of nitrogens with two attached hydrogens (primary N) is 1. The Morgan fingerprint density at radius 3 is 2.73 bits per heavy atom. The first-order valence-electron chi connectivity index (χ1n) is 4.66. The van der Waals surface area contributed by atoms with Gasteiger partial charge in [0.05, 0.1) is 10.9 Å². The molecule has 0 radical (unpaired) electrons. The minimum absolute atomic E-state index is 0.357. The predicted octanol–water partition coefficient (Wildman–Crippen LogP) is -0.351. The Morgan fingerprint density at radius 1 is 1.27 bits per heavy atom. The van der Waals surface area contributed by atoms with Crippen molar-refractivity contribution in [3.05, 3.63) is 45.1 Å². The van der Waals surface area contributed by atoms with Crippen LogP contribution in [-0.4, -0.2) is 16.1 Å². The summed E-state index contributed by atoms with van der Waals surface area (Å²) in [5, 5.41) is 0.505. The number of para-hydroxylation sites is 1. The summed E-state index contributed by atoms with van der Waals surface area (Å²) < 4.78 is 1.47. The van der Waals surface area contributed by atoms with E-state index in [0.717, 1.165) is 0 Å². The largest absolute Gasteiger partial charge is 0.329 e. The van der Waals surface area contributed by atoms with Gasteiger partial charge in [-0.3, -0.25) is 14.3 Å². The second kappa shape index (κ2) is 3.70. The van der Waals surface area contributed by atoms with Gasteiger partial charge >= 0.3 is 5.69 Å². The fraction of sp³-hybridized carbons (Fsp3) is 0.200. The number of nitrogens with one attached hydrogen (secondary N) is 1. The van der Waals surface area contributed by atoms with Crippen LogP contribution in [0.15, 0.2) is 33.9 Å². The van der Waals surface area contributed by atoms with Gasteiger partial charge in [-0.1, -0.05) is 12.1 Å². The first-order chi connectivity index (χ1) is 7.24. The second-order valence-corrected chi connectivity index (χ2v) is 3.22. The third kappa shape index (κ3) is 1.57. The Morgan fingerprint density at radius 2 is 2.00 bits per heavy atom. The first kappa shape index (κ1) is 9.67. The van der Waals surface area contributed by atoms with Crippen LogP contribution in [0.3, 0.4) is 0 Å². The van der Waals surface area contributed by atoms with Crippen molar-refractivity contribution in [3.63, 3.8) is 0 Å². The summed E-state index contributed by atoms with van der Waals surface area (Å²) >= 11 is 0. The van der Waals surface area contributed by atoms with Gasteiger partial charge in [0.1, 0.15) is 0 Å². The zero-order valence-corrected chi connectivity index (χ0v) is 8.06. The van der Waals surface area contributed by atoms with Gasteiger partial charge in [-0.15, -0.1) is 0 Å². The highest BCUT2D eigenvalue weighted by Gasteiger charge is 2.04. The molecule has 0 saturated heterocycles. The molecular formula is C10H11N3O2. The van der Waals surface area contributed by atoms with Gasteiger partial charge in [0, 0.05) is 13.1 Å². The third-order valence-electron chi connectivity index (χ3n) is 2.26. The Bertz CT molecular complexity index is 597. The van der Waals surface area contributed by atoms with E-state index < -0.39 is 5.69 Å². The van der Waals surface area contributed by atoms with Crippen molar-refractivity contribution in [2.24, 2.45) is 5.73 Å². The summed E-state index contributed by atoms with van der Waals surface area (Å²) in [6, 6.07) is 6.96. The van der Waals surface area contributed by atoms with Crippen molar-refractivity contribution in [2.75, 3.05) is 6.54 Å². The lowest BCUT2D eigenvalue weighted by atomic mass is 10.2. The maximum Gasteiger partial charge on any atom is 0.328 e. The summed E-state index contributed by atoms with van der Waals surface area (Å²) in [6.45, 7) is 0.756. The third-order valence-corrected chi connectivity index (χ3v) is 2.26. The van der Waals surface area contributed by atoms with Crippen molar-refractivity contribution in [1.29, 1.82) is 0 Å². The van der Waals surface area contributed by atoms with E-state index in [0.29, 0.717) is 24.0 Å². The highest BCUT2D eigenvalue weighted by Crippen LogP contribution is 2.05. The molecule has 5 nitrogen and oxygen atoms in total. The topological polar surface area (TPSA) is 80.9 Å². The normalized spacial score (nSPS) is 10.7. The molecule has 0 spiro atoms. The smallest absolute Gasteiger partial charge is 0.328 e. The molecule has 0 aliphatic rings. The number of nitrogens with zero attached hydrogens (tertiary/aromatic N) is 1. The summed E-state index contributed by atoms with van der Waals surface area (Å²) in [7, 11) is 0. The highest BCUT2D eigenvalue weighted by atomic mass is 16.2. The molecule has 0 fully saturated rings. The Kier molecular flexibility index (Phi) is 2.39. The molecule has 2 aromatic rings. The molecule has 5 heteroatoms. The fourth-order valence-corrected chi connectivity index (χ4v) is 1.59. The van der Waals surface area contributed by atoms with Crippen molar-refractivity contribution >= 4 is 10.9 Å². The SMILES string of the molecule is NCCn1c(=O)[nH]c(=O)c2ccccc21. The van der Waals surface area contributed by atoms with Crippen LogP contribution in [0.25, 0.3) is 10.9 Å². The van der Waals surface area contributed by atoms with E-state index in [1.54, 1.807) is 24.3 Å². The molecule has 0 unspecified atom stereocenters. The van der Waals surface area contributed by atoms with E-state index in [1.807, 2.05) is 0 Å². The fourth-order valence-electron chi connectivity index (χ4n) is 1.59. The summed E-state index contributed by atoms with van der Waals surface area (Å²) in [5.41, 5.74) is 5.26. The number of rotatable bonds is 2. The zero-order valence-electron chi connectivity index (χ0n) is 8.06. The van der Waals surface area contributed by atoms with Gasteiger partial charge in [-0.05, 0) is 12.1 Å². The molecule has 0 aliphatic heterocycles. The monoisotopic (exact) mass is 205 g/mol. The highest BCUT2D eigenvalue weighted by molar-refractivity contribution is 5.77. The van der Waals surface area contributed by atoms with E-state index in [2.05, 4.69) is 4.98 Å². The average Bonchev–Trinajstić information content (AvgIpc) is 2.24. The molecule has 2 rings (SSSR count).